The third kappa shape index (κ3) is 4.13. The molecule has 1 aromatic rings. The van der Waals surface area contributed by atoms with Gasteiger partial charge in [-0.3, -0.25) is 9.59 Å². The Morgan fingerprint density at radius 2 is 2.17 bits per heavy atom. The van der Waals surface area contributed by atoms with Crippen molar-refractivity contribution in [1.29, 1.82) is 0 Å². The van der Waals surface area contributed by atoms with Crippen LogP contribution < -0.4 is 5.73 Å². The molecule has 2 rings (SSSR count). The van der Waals surface area contributed by atoms with Gasteiger partial charge in [0.25, 0.3) is 5.91 Å². The fourth-order valence-corrected chi connectivity index (χ4v) is 3.01. The van der Waals surface area contributed by atoms with Crippen molar-refractivity contribution in [2.24, 2.45) is 11.1 Å². The lowest BCUT2D eigenvalue weighted by atomic mass is 9.92. The van der Waals surface area contributed by atoms with E-state index in [-0.39, 0.29) is 23.0 Å². The second kappa shape index (κ2) is 7.17. The van der Waals surface area contributed by atoms with E-state index in [1.54, 1.807) is 29.0 Å². The van der Waals surface area contributed by atoms with Crippen molar-refractivity contribution in [3.05, 3.63) is 24.2 Å². The van der Waals surface area contributed by atoms with Crippen LogP contribution in [-0.2, 0) is 4.79 Å². The maximum absolute atomic E-state index is 12.8. The Bertz CT molecular complexity index is 539. The molecule has 1 aliphatic rings. The molecule has 128 valence electrons. The van der Waals surface area contributed by atoms with Crippen LogP contribution in [0.15, 0.2) is 22.8 Å². The molecule has 2 N–H and O–H groups in total. The van der Waals surface area contributed by atoms with Crippen LogP contribution in [0, 0.1) is 5.41 Å². The van der Waals surface area contributed by atoms with Crippen LogP contribution in [0.5, 0.6) is 0 Å². The number of carbonyl (C=O) groups is 2. The van der Waals surface area contributed by atoms with Gasteiger partial charge in [-0.25, -0.2) is 0 Å². The Kier molecular flexibility index (Phi) is 5.46. The summed E-state index contributed by atoms with van der Waals surface area (Å²) in [5, 5.41) is 0. The molecule has 1 atom stereocenters. The van der Waals surface area contributed by atoms with E-state index in [0.717, 1.165) is 12.8 Å². The summed E-state index contributed by atoms with van der Waals surface area (Å²) in [4.78, 5) is 28.8. The molecule has 0 aliphatic carbocycles. The van der Waals surface area contributed by atoms with Gasteiger partial charge in [0.1, 0.15) is 6.04 Å². The van der Waals surface area contributed by atoms with E-state index in [4.69, 9.17) is 10.2 Å². The van der Waals surface area contributed by atoms with E-state index < -0.39 is 6.04 Å². The van der Waals surface area contributed by atoms with Crippen LogP contribution in [0.1, 0.15) is 43.7 Å². The van der Waals surface area contributed by atoms with Crippen LogP contribution in [-0.4, -0.2) is 54.3 Å². The molecule has 2 amide bonds. The van der Waals surface area contributed by atoms with Gasteiger partial charge in [-0.1, -0.05) is 13.8 Å². The summed E-state index contributed by atoms with van der Waals surface area (Å²) < 4.78 is 5.20. The van der Waals surface area contributed by atoms with Crippen molar-refractivity contribution in [1.82, 2.24) is 9.80 Å². The topological polar surface area (TPSA) is 79.8 Å². The highest BCUT2D eigenvalue weighted by atomic mass is 16.3. The van der Waals surface area contributed by atoms with Gasteiger partial charge in [0, 0.05) is 20.1 Å². The Morgan fingerprint density at radius 3 is 2.78 bits per heavy atom. The number of furan rings is 1. The molecule has 0 bridgehead atoms. The molecule has 0 radical (unpaired) electrons. The molecule has 1 aliphatic heterocycles. The first-order valence-corrected chi connectivity index (χ1v) is 8.15. The van der Waals surface area contributed by atoms with Crippen molar-refractivity contribution in [3.63, 3.8) is 0 Å². The quantitative estimate of drug-likeness (QED) is 0.895. The van der Waals surface area contributed by atoms with Crippen molar-refractivity contribution < 1.29 is 14.0 Å². The Hall–Kier alpha value is -1.82. The molecule has 6 nitrogen and oxygen atoms in total. The average molecular weight is 321 g/mol. The molecule has 6 heteroatoms. The minimum Gasteiger partial charge on any atom is -0.459 e. The van der Waals surface area contributed by atoms with E-state index in [2.05, 4.69) is 0 Å². The Labute approximate surface area is 137 Å². The normalized spacial score (nSPS) is 18.8. The molecule has 0 spiro atoms. The molecule has 2 heterocycles. The highest BCUT2D eigenvalue weighted by molar-refractivity contribution is 5.95. The van der Waals surface area contributed by atoms with Crippen molar-refractivity contribution in [3.8, 4) is 0 Å². The minimum atomic E-state index is -0.417. The van der Waals surface area contributed by atoms with E-state index in [0.29, 0.717) is 26.1 Å². The number of rotatable bonds is 5. The first-order valence-electron chi connectivity index (χ1n) is 8.15. The molecule has 1 aromatic heterocycles. The third-order valence-corrected chi connectivity index (χ3v) is 4.37. The largest absolute Gasteiger partial charge is 0.459 e. The fourth-order valence-electron chi connectivity index (χ4n) is 3.01. The lowest BCUT2D eigenvalue weighted by molar-refractivity contribution is -0.137. The third-order valence-electron chi connectivity index (χ3n) is 4.37. The number of amides is 2. The van der Waals surface area contributed by atoms with E-state index >= 15 is 0 Å². The zero-order chi connectivity index (χ0) is 17.0. The van der Waals surface area contributed by atoms with Gasteiger partial charge >= 0.3 is 0 Å². The molecule has 0 saturated carbocycles. The standard InChI is InChI=1S/C17H27N3O3/c1-17(2,11-18)12-19(3)15(21)13-7-4-5-9-20(13)16(22)14-8-6-10-23-14/h6,8,10,13H,4-5,7,9,11-12,18H2,1-3H3. The monoisotopic (exact) mass is 321 g/mol. The smallest absolute Gasteiger partial charge is 0.290 e. The molecule has 0 aromatic carbocycles. The Balaban J connectivity index is 2.11. The van der Waals surface area contributed by atoms with E-state index in [9.17, 15) is 9.59 Å². The number of piperidine rings is 1. The summed E-state index contributed by atoms with van der Waals surface area (Å²) in [6, 6.07) is 2.91. The molecule has 1 unspecified atom stereocenters. The van der Waals surface area contributed by atoms with Gasteiger partial charge in [0.2, 0.25) is 5.91 Å². The van der Waals surface area contributed by atoms with E-state index in [1.165, 1.54) is 6.26 Å². The number of hydrogen-bond acceptors (Lipinski definition) is 4. The maximum atomic E-state index is 12.8. The second-order valence-corrected chi connectivity index (χ2v) is 7.05. The van der Waals surface area contributed by atoms with Gasteiger partial charge in [-0.15, -0.1) is 0 Å². The minimum absolute atomic E-state index is 0.0221. The number of carbonyl (C=O) groups excluding carboxylic acids is 2. The highest BCUT2D eigenvalue weighted by Gasteiger charge is 2.36. The zero-order valence-corrected chi connectivity index (χ0v) is 14.2. The predicted molar refractivity (Wildman–Crippen MR) is 87.9 cm³/mol. The maximum Gasteiger partial charge on any atom is 0.290 e. The number of likely N-dealkylation sites (tertiary alicyclic amines) is 1. The molecule has 23 heavy (non-hydrogen) atoms. The average Bonchev–Trinajstić information content (AvgIpc) is 3.07. The summed E-state index contributed by atoms with van der Waals surface area (Å²) in [5.74, 6) is 0.0558. The summed E-state index contributed by atoms with van der Waals surface area (Å²) in [6.07, 6.45) is 4.03. The number of nitrogens with two attached hydrogens (primary N) is 1. The summed E-state index contributed by atoms with van der Waals surface area (Å²) in [6.45, 7) is 5.73. The SMILES string of the molecule is CN(CC(C)(C)CN)C(=O)C1CCCCN1C(=O)c1ccco1. The van der Waals surface area contributed by atoms with Gasteiger partial charge in [-0.2, -0.15) is 0 Å². The number of hydrogen-bond donors (Lipinski definition) is 1. The zero-order valence-electron chi connectivity index (χ0n) is 14.2. The predicted octanol–water partition coefficient (Wildman–Crippen LogP) is 1.72. The first-order chi connectivity index (χ1) is 10.9. The van der Waals surface area contributed by atoms with Crippen molar-refractivity contribution in [2.45, 2.75) is 39.2 Å². The first kappa shape index (κ1) is 17.5. The second-order valence-electron chi connectivity index (χ2n) is 7.05. The molecular weight excluding hydrogens is 294 g/mol. The lowest BCUT2D eigenvalue weighted by Gasteiger charge is -2.38. The van der Waals surface area contributed by atoms with Gasteiger partial charge in [-0.05, 0) is 43.4 Å². The molecule has 1 fully saturated rings. The van der Waals surface area contributed by atoms with Gasteiger partial charge in [0.05, 0.1) is 6.26 Å². The number of nitrogens with zero attached hydrogens (tertiary/aromatic N) is 2. The van der Waals surface area contributed by atoms with E-state index in [1.807, 2.05) is 13.8 Å². The van der Waals surface area contributed by atoms with Gasteiger partial charge < -0.3 is 20.0 Å². The van der Waals surface area contributed by atoms with Crippen molar-refractivity contribution in [2.75, 3.05) is 26.7 Å². The fraction of sp³-hybridized carbons (Fsp3) is 0.647. The Morgan fingerprint density at radius 1 is 1.43 bits per heavy atom. The molecule has 1 saturated heterocycles. The summed E-state index contributed by atoms with van der Waals surface area (Å²) in [7, 11) is 1.78. The highest BCUT2D eigenvalue weighted by Crippen LogP contribution is 2.23. The van der Waals surface area contributed by atoms with Crippen LogP contribution in [0.2, 0.25) is 0 Å². The van der Waals surface area contributed by atoms with Crippen molar-refractivity contribution >= 4 is 11.8 Å². The number of likely N-dealkylation sites (N-methyl/N-ethyl adjacent to an activating group) is 1. The van der Waals surface area contributed by atoms with Gasteiger partial charge in [0.15, 0.2) is 5.76 Å². The summed E-state index contributed by atoms with van der Waals surface area (Å²) in [5.41, 5.74) is 5.61. The molecular formula is C17H27N3O3. The van der Waals surface area contributed by atoms with Crippen LogP contribution in [0.4, 0.5) is 0 Å². The van der Waals surface area contributed by atoms with Crippen LogP contribution in [0.3, 0.4) is 0 Å². The summed E-state index contributed by atoms with van der Waals surface area (Å²) >= 11 is 0. The lowest BCUT2D eigenvalue weighted by Crippen LogP contribution is -2.53. The van der Waals surface area contributed by atoms with Crippen LogP contribution >= 0.6 is 0 Å². The van der Waals surface area contributed by atoms with Crippen LogP contribution in [0.25, 0.3) is 0 Å².